The van der Waals surface area contributed by atoms with E-state index in [2.05, 4.69) is 26.2 Å². The van der Waals surface area contributed by atoms with Crippen LogP contribution in [0.1, 0.15) is 10.4 Å². The maximum Gasteiger partial charge on any atom is 0.270 e. The van der Waals surface area contributed by atoms with Crippen LogP contribution in [0.2, 0.25) is 0 Å². The molecule has 6 nitrogen and oxygen atoms in total. The highest BCUT2D eigenvalue weighted by Crippen LogP contribution is 2.23. The smallest absolute Gasteiger partial charge is 0.270 e. The summed E-state index contributed by atoms with van der Waals surface area (Å²) in [5.74, 6) is -0.0832. The number of nitro benzene ring substituents is 1. The van der Waals surface area contributed by atoms with E-state index in [4.69, 9.17) is 0 Å². The Morgan fingerprint density at radius 3 is 2.74 bits per heavy atom. The number of nitro groups is 1. The van der Waals surface area contributed by atoms with Gasteiger partial charge in [0, 0.05) is 22.8 Å². The quantitative estimate of drug-likeness (QED) is 0.695. The summed E-state index contributed by atoms with van der Waals surface area (Å²) >= 11 is 3.19. The summed E-state index contributed by atoms with van der Waals surface area (Å²) in [7, 11) is 0. The molecule has 1 heterocycles. The van der Waals surface area contributed by atoms with E-state index in [9.17, 15) is 14.9 Å². The van der Waals surface area contributed by atoms with Crippen molar-refractivity contribution in [3.8, 4) is 0 Å². The molecule has 2 aromatic rings. The summed E-state index contributed by atoms with van der Waals surface area (Å²) < 4.78 is 0.478. The lowest BCUT2D eigenvalue weighted by molar-refractivity contribution is -0.384. The number of anilines is 1. The molecule has 96 valence electrons. The van der Waals surface area contributed by atoms with Gasteiger partial charge in [0.15, 0.2) is 0 Å². The molecule has 7 heteroatoms. The average molecular weight is 322 g/mol. The number of rotatable bonds is 3. The number of amides is 1. The van der Waals surface area contributed by atoms with Crippen molar-refractivity contribution < 1.29 is 9.72 Å². The van der Waals surface area contributed by atoms with Gasteiger partial charge in [0.2, 0.25) is 0 Å². The van der Waals surface area contributed by atoms with Gasteiger partial charge in [-0.15, -0.1) is 0 Å². The molecule has 0 saturated carbocycles. The van der Waals surface area contributed by atoms with Gasteiger partial charge in [-0.3, -0.25) is 14.9 Å². The van der Waals surface area contributed by atoms with Crippen LogP contribution in [0, 0.1) is 10.1 Å². The molecule has 19 heavy (non-hydrogen) atoms. The number of benzene rings is 1. The van der Waals surface area contributed by atoms with Gasteiger partial charge < -0.3 is 5.32 Å². The van der Waals surface area contributed by atoms with E-state index in [0.29, 0.717) is 10.3 Å². The first kappa shape index (κ1) is 13.2. The van der Waals surface area contributed by atoms with Crippen molar-refractivity contribution in [3.05, 3.63) is 62.7 Å². The fraction of sp³-hybridized carbons (Fsp3) is 0. The first-order chi connectivity index (χ1) is 9.08. The Hall–Kier alpha value is -2.28. The predicted octanol–water partition coefficient (Wildman–Crippen LogP) is 3.00. The molecule has 1 aromatic heterocycles. The third-order valence-electron chi connectivity index (χ3n) is 2.31. The van der Waals surface area contributed by atoms with Crippen LogP contribution in [-0.2, 0) is 0 Å². The number of carbonyl (C=O) groups is 1. The molecule has 1 amide bonds. The maximum absolute atomic E-state index is 12.0. The Morgan fingerprint density at radius 1 is 1.32 bits per heavy atom. The van der Waals surface area contributed by atoms with Crippen molar-refractivity contribution in [2.75, 3.05) is 5.32 Å². The lowest BCUT2D eigenvalue weighted by atomic mass is 10.2. The second-order valence-electron chi connectivity index (χ2n) is 3.59. The minimum Gasteiger partial charge on any atom is -0.307 e. The molecule has 1 aromatic carbocycles. The molecule has 0 aliphatic carbocycles. The second kappa shape index (κ2) is 5.57. The molecule has 0 radical (unpaired) electrons. The lowest BCUT2D eigenvalue weighted by Crippen LogP contribution is -2.13. The Kier molecular flexibility index (Phi) is 3.86. The zero-order valence-electron chi connectivity index (χ0n) is 9.54. The summed E-state index contributed by atoms with van der Waals surface area (Å²) in [4.78, 5) is 26.1. The molecule has 1 N–H and O–H groups in total. The number of non-ortho nitro benzene ring substituents is 1. The Morgan fingerprint density at radius 2 is 2.11 bits per heavy atom. The average Bonchev–Trinajstić information content (AvgIpc) is 2.40. The fourth-order valence-corrected chi connectivity index (χ4v) is 1.85. The van der Waals surface area contributed by atoms with Crippen LogP contribution in [0.15, 0.2) is 47.1 Å². The molecule has 0 unspecified atom stereocenters. The van der Waals surface area contributed by atoms with E-state index < -0.39 is 10.8 Å². The largest absolute Gasteiger partial charge is 0.307 e. The second-order valence-corrected chi connectivity index (χ2v) is 4.44. The molecule has 0 spiro atoms. The number of hydrogen-bond donors (Lipinski definition) is 1. The zero-order chi connectivity index (χ0) is 13.8. The SMILES string of the molecule is O=C(Nc1ccccn1)c1cc([N+](=O)[O-])ccc1Br. The van der Waals surface area contributed by atoms with Crippen LogP contribution >= 0.6 is 15.9 Å². The standard InChI is InChI=1S/C12H8BrN3O3/c13-10-5-4-8(16(18)19)7-9(10)12(17)15-11-3-1-2-6-14-11/h1-7H,(H,14,15,17). The van der Waals surface area contributed by atoms with Crippen molar-refractivity contribution in [2.24, 2.45) is 0 Å². The molecular formula is C12H8BrN3O3. The zero-order valence-corrected chi connectivity index (χ0v) is 11.1. The topological polar surface area (TPSA) is 85.1 Å². The monoisotopic (exact) mass is 321 g/mol. The summed E-state index contributed by atoms with van der Waals surface area (Å²) in [6, 6.07) is 9.07. The molecule has 0 fully saturated rings. The van der Waals surface area contributed by atoms with Crippen molar-refractivity contribution in [2.45, 2.75) is 0 Å². The van der Waals surface area contributed by atoms with Crippen molar-refractivity contribution in [1.29, 1.82) is 0 Å². The van der Waals surface area contributed by atoms with E-state index >= 15 is 0 Å². The number of pyridine rings is 1. The van der Waals surface area contributed by atoms with Crippen LogP contribution in [-0.4, -0.2) is 15.8 Å². The number of nitrogens with zero attached hydrogens (tertiary/aromatic N) is 2. The van der Waals surface area contributed by atoms with Gasteiger partial charge in [-0.2, -0.15) is 0 Å². The molecule has 2 rings (SSSR count). The Labute approximate surface area is 116 Å². The van der Waals surface area contributed by atoms with Crippen LogP contribution < -0.4 is 5.32 Å². The van der Waals surface area contributed by atoms with Crippen molar-refractivity contribution in [1.82, 2.24) is 4.98 Å². The third kappa shape index (κ3) is 3.14. The summed E-state index contributed by atoms with van der Waals surface area (Å²) in [6.07, 6.45) is 1.54. The van der Waals surface area contributed by atoms with Crippen LogP contribution in [0.25, 0.3) is 0 Å². The summed E-state index contributed by atoms with van der Waals surface area (Å²) in [5, 5.41) is 13.3. The molecule has 0 aliphatic rings. The van der Waals surface area contributed by atoms with Gasteiger partial charge in [0.1, 0.15) is 5.82 Å². The van der Waals surface area contributed by atoms with Crippen molar-refractivity contribution >= 4 is 33.3 Å². The third-order valence-corrected chi connectivity index (χ3v) is 3.00. The number of aromatic nitrogens is 1. The van der Waals surface area contributed by atoms with Crippen molar-refractivity contribution in [3.63, 3.8) is 0 Å². The minimum atomic E-state index is -0.552. The molecule has 0 saturated heterocycles. The minimum absolute atomic E-state index is 0.144. The highest BCUT2D eigenvalue weighted by atomic mass is 79.9. The van der Waals surface area contributed by atoms with E-state index in [1.807, 2.05) is 0 Å². The summed E-state index contributed by atoms with van der Waals surface area (Å²) in [5.41, 5.74) is 0.0363. The van der Waals surface area contributed by atoms with E-state index in [1.165, 1.54) is 24.4 Å². The van der Waals surface area contributed by atoms with E-state index in [0.717, 1.165) is 0 Å². The summed E-state index contributed by atoms with van der Waals surface area (Å²) in [6.45, 7) is 0. The number of halogens is 1. The van der Waals surface area contributed by atoms with Gasteiger partial charge in [-0.25, -0.2) is 4.98 Å². The highest BCUT2D eigenvalue weighted by Gasteiger charge is 2.15. The van der Waals surface area contributed by atoms with Gasteiger partial charge in [-0.1, -0.05) is 6.07 Å². The number of nitrogens with one attached hydrogen (secondary N) is 1. The molecule has 0 bridgehead atoms. The number of carbonyl (C=O) groups excluding carboxylic acids is 1. The van der Waals surface area contributed by atoms with Gasteiger partial charge in [0.25, 0.3) is 11.6 Å². The number of hydrogen-bond acceptors (Lipinski definition) is 4. The van der Waals surface area contributed by atoms with Gasteiger partial charge in [-0.05, 0) is 34.1 Å². The maximum atomic E-state index is 12.0. The van der Waals surface area contributed by atoms with Crippen LogP contribution in [0.5, 0.6) is 0 Å². The van der Waals surface area contributed by atoms with Gasteiger partial charge >= 0.3 is 0 Å². The van der Waals surface area contributed by atoms with Crippen LogP contribution in [0.3, 0.4) is 0 Å². The first-order valence-corrected chi connectivity index (χ1v) is 6.03. The Balaban J connectivity index is 2.28. The molecule has 0 atom stereocenters. The molecular weight excluding hydrogens is 314 g/mol. The lowest BCUT2D eigenvalue weighted by Gasteiger charge is -2.05. The predicted molar refractivity (Wildman–Crippen MR) is 73.0 cm³/mol. The highest BCUT2D eigenvalue weighted by molar-refractivity contribution is 9.10. The first-order valence-electron chi connectivity index (χ1n) is 5.24. The van der Waals surface area contributed by atoms with E-state index in [1.54, 1.807) is 18.2 Å². The fourth-order valence-electron chi connectivity index (χ4n) is 1.42. The van der Waals surface area contributed by atoms with Gasteiger partial charge in [0.05, 0.1) is 10.5 Å². The van der Waals surface area contributed by atoms with E-state index in [-0.39, 0.29) is 11.3 Å². The molecule has 0 aliphatic heterocycles. The normalized spacial score (nSPS) is 9.95. The van der Waals surface area contributed by atoms with Crippen LogP contribution in [0.4, 0.5) is 11.5 Å². The Bertz CT molecular complexity index is 631.